The van der Waals surface area contributed by atoms with Crippen LogP contribution in [0, 0.1) is 0 Å². The molecule has 0 bridgehead atoms. The van der Waals surface area contributed by atoms with Crippen molar-refractivity contribution >= 4 is 34.9 Å². The van der Waals surface area contributed by atoms with E-state index in [1.807, 2.05) is 0 Å². The van der Waals surface area contributed by atoms with E-state index < -0.39 is 0 Å². The molecule has 1 aromatic carbocycles. The molecule has 1 aliphatic heterocycles. The van der Waals surface area contributed by atoms with Gasteiger partial charge in [-0.25, -0.2) is 4.79 Å². The molecule has 1 fully saturated rings. The molecule has 0 unspecified atom stereocenters. The standard InChI is InChI=1S/C10H10Cl2N2O2/c11-6-1-7(12)3-8(2-6)13-10(15)14-9-4-16-5-9/h1-3,9H,4-5H2,(H2,13,14,15). The zero-order chi connectivity index (χ0) is 11.5. The van der Waals surface area contributed by atoms with Crippen LogP contribution in [0.3, 0.4) is 0 Å². The lowest BCUT2D eigenvalue weighted by atomic mass is 10.2. The number of urea groups is 1. The number of benzene rings is 1. The van der Waals surface area contributed by atoms with Gasteiger partial charge in [-0.15, -0.1) is 0 Å². The Morgan fingerprint density at radius 2 is 1.88 bits per heavy atom. The largest absolute Gasteiger partial charge is 0.377 e. The molecule has 1 aromatic rings. The van der Waals surface area contributed by atoms with Gasteiger partial charge in [0.05, 0.1) is 19.3 Å². The first kappa shape index (κ1) is 11.5. The van der Waals surface area contributed by atoms with Gasteiger partial charge >= 0.3 is 6.03 Å². The summed E-state index contributed by atoms with van der Waals surface area (Å²) in [6, 6.07) is 4.67. The SMILES string of the molecule is O=C(Nc1cc(Cl)cc(Cl)c1)NC1COC1. The topological polar surface area (TPSA) is 50.4 Å². The fourth-order valence-electron chi connectivity index (χ4n) is 1.30. The van der Waals surface area contributed by atoms with E-state index in [0.29, 0.717) is 28.9 Å². The van der Waals surface area contributed by atoms with Crippen LogP contribution >= 0.6 is 23.2 Å². The summed E-state index contributed by atoms with van der Waals surface area (Å²) in [5, 5.41) is 6.35. The minimum absolute atomic E-state index is 0.0923. The summed E-state index contributed by atoms with van der Waals surface area (Å²) in [4.78, 5) is 11.5. The van der Waals surface area contributed by atoms with E-state index in [-0.39, 0.29) is 12.1 Å². The van der Waals surface area contributed by atoms with Gasteiger partial charge in [0.2, 0.25) is 0 Å². The first-order valence-corrected chi connectivity index (χ1v) is 5.50. The van der Waals surface area contributed by atoms with Crippen LogP contribution in [-0.4, -0.2) is 25.3 Å². The highest BCUT2D eigenvalue weighted by Gasteiger charge is 2.20. The van der Waals surface area contributed by atoms with E-state index in [9.17, 15) is 4.79 Å². The Hall–Kier alpha value is -0.970. The van der Waals surface area contributed by atoms with Crippen LogP contribution in [0.15, 0.2) is 18.2 Å². The van der Waals surface area contributed by atoms with Crippen LogP contribution in [0.25, 0.3) is 0 Å². The normalized spacial score (nSPS) is 15.4. The molecule has 1 heterocycles. The molecule has 2 rings (SSSR count). The predicted octanol–water partition coefficient (Wildman–Crippen LogP) is 2.51. The third kappa shape index (κ3) is 3.01. The molecular weight excluding hydrogens is 251 g/mol. The van der Waals surface area contributed by atoms with Crippen molar-refractivity contribution in [2.24, 2.45) is 0 Å². The minimum Gasteiger partial charge on any atom is -0.377 e. The molecular formula is C10H10Cl2N2O2. The highest BCUT2D eigenvalue weighted by molar-refractivity contribution is 6.35. The van der Waals surface area contributed by atoms with Crippen molar-refractivity contribution in [1.29, 1.82) is 0 Å². The van der Waals surface area contributed by atoms with Gasteiger partial charge < -0.3 is 15.4 Å². The van der Waals surface area contributed by atoms with Crippen LogP contribution < -0.4 is 10.6 Å². The fraction of sp³-hybridized carbons (Fsp3) is 0.300. The molecule has 86 valence electrons. The number of anilines is 1. The van der Waals surface area contributed by atoms with Gasteiger partial charge in [0.1, 0.15) is 0 Å². The number of nitrogens with one attached hydrogen (secondary N) is 2. The number of halogens is 2. The summed E-state index contributed by atoms with van der Waals surface area (Å²) >= 11 is 11.6. The Morgan fingerprint density at radius 3 is 2.38 bits per heavy atom. The van der Waals surface area contributed by atoms with Gasteiger partial charge in [0.25, 0.3) is 0 Å². The molecule has 0 aliphatic carbocycles. The van der Waals surface area contributed by atoms with Crippen molar-refractivity contribution in [1.82, 2.24) is 5.32 Å². The quantitative estimate of drug-likeness (QED) is 0.859. The van der Waals surface area contributed by atoms with Crippen LogP contribution in [0.5, 0.6) is 0 Å². The third-order valence-electron chi connectivity index (χ3n) is 2.09. The molecule has 0 radical (unpaired) electrons. The van der Waals surface area contributed by atoms with E-state index in [1.54, 1.807) is 18.2 Å². The second kappa shape index (κ2) is 4.91. The third-order valence-corrected chi connectivity index (χ3v) is 2.53. The first-order chi connectivity index (χ1) is 7.63. The Kier molecular flexibility index (Phi) is 3.53. The van der Waals surface area contributed by atoms with E-state index in [4.69, 9.17) is 27.9 Å². The second-order valence-corrected chi connectivity index (χ2v) is 4.36. The van der Waals surface area contributed by atoms with Gasteiger partial charge in [-0.3, -0.25) is 0 Å². The van der Waals surface area contributed by atoms with Gasteiger partial charge in [-0.2, -0.15) is 0 Å². The van der Waals surface area contributed by atoms with Crippen molar-refractivity contribution in [3.8, 4) is 0 Å². The molecule has 0 saturated carbocycles. The van der Waals surface area contributed by atoms with E-state index >= 15 is 0 Å². The molecule has 16 heavy (non-hydrogen) atoms. The molecule has 4 nitrogen and oxygen atoms in total. The molecule has 1 aliphatic rings. The summed E-state index contributed by atoms with van der Waals surface area (Å²) < 4.78 is 4.94. The van der Waals surface area contributed by atoms with Crippen molar-refractivity contribution in [3.63, 3.8) is 0 Å². The van der Waals surface area contributed by atoms with Gasteiger partial charge in [-0.1, -0.05) is 23.2 Å². The second-order valence-electron chi connectivity index (χ2n) is 3.49. The number of hydrogen-bond acceptors (Lipinski definition) is 2. The van der Waals surface area contributed by atoms with Gasteiger partial charge in [0.15, 0.2) is 0 Å². The predicted molar refractivity (Wildman–Crippen MR) is 63.2 cm³/mol. The lowest BCUT2D eigenvalue weighted by molar-refractivity contribution is 0.000735. The average molecular weight is 261 g/mol. The number of carbonyl (C=O) groups is 1. The average Bonchev–Trinajstić information content (AvgIpc) is 2.09. The monoisotopic (exact) mass is 260 g/mol. The van der Waals surface area contributed by atoms with Crippen molar-refractivity contribution < 1.29 is 9.53 Å². The first-order valence-electron chi connectivity index (χ1n) is 4.75. The Labute approximate surface area is 103 Å². The van der Waals surface area contributed by atoms with Crippen molar-refractivity contribution in [3.05, 3.63) is 28.2 Å². The number of rotatable bonds is 2. The Bertz CT molecular complexity index is 388. The number of carbonyl (C=O) groups excluding carboxylic acids is 1. The molecule has 0 spiro atoms. The van der Waals surface area contributed by atoms with Gasteiger partial charge in [0, 0.05) is 15.7 Å². The lowest BCUT2D eigenvalue weighted by Crippen LogP contribution is -2.49. The zero-order valence-corrected chi connectivity index (χ0v) is 9.81. The van der Waals surface area contributed by atoms with E-state index in [1.165, 1.54) is 0 Å². The Morgan fingerprint density at radius 1 is 1.25 bits per heavy atom. The maximum atomic E-state index is 11.5. The van der Waals surface area contributed by atoms with Crippen molar-refractivity contribution in [2.75, 3.05) is 18.5 Å². The molecule has 2 amide bonds. The molecule has 6 heteroatoms. The van der Waals surface area contributed by atoms with Gasteiger partial charge in [-0.05, 0) is 18.2 Å². The van der Waals surface area contributed by atoms with Crippen molar-refractivity contribution in [2.45, 2.75) is 6.04 Å². The maximum Gasteiger partial charge on any atom is 0.319 e. The molecule has 2 N–H and O–H groups in total. The summed E-state index contributed by atoms with van der Waals surface area (Å²) in [5.41, 5.74) is 0.565. The van der Waals surface area contributed by atoms with Crippen LogP contribution in [-0.2, 0) is 4.74 Å². The highest BCUT2D eigenvalue weighted by Crippen LogP contribution is 2.22. The Balaban J connectivity index is 1.94. The van der Waals surface area contributed by atoms with Crippen LogP contribution in [0.1, 0.15) is 0 Å². The number of ether oxygens (including phenoxy) is 1. The molecule has 1 saturated heterocycles. The van der Waals surface area contributed by atoms with Crippen LogP contribution in [0.2, 0.25) is 10.0 Å². The highest BCUT2D eigenvalue weighted by atomic mass is 35.5. The smallest absolute Gasteiger partial charge is 0.319 e. The molecule has 0 atom stereocenters. The summed E-state index contributed by atoms with van der Waals surface area (Å²) in [6.07, 6.45) is 0. The van der Waals surface area contributed by atoms with Crippen LogP contribution in [0.4, 0.5) is 10.5 Å². The fourth-order valence-corrected chi connectivity index (χ4v) is 1.82. The summed E-state index contributed by atoms with van der Waals surface area (Å²) in [5.74, 6) is 0. The van der Waals surface area contributed by atoms with E-state index in [2.05, 4.69) is 10.6 Å². The lowest BCUT2D eigenvalue weighted by Gasteiger charge is -2.26. The molecule has 0 aromatic heterocycles. The number of amides is 2. The minimum atomic E-state index is -0.286. The summed E-state index contributed by atoms with van der Waals surface area (Å²) in [6.45, 7) is 1.12. The summed E-state index contributed by atoms with van der Waals surface area (Å²) in [7, 11) is 0. The van der Waals surface area contributed by atoms with E-state index in [0.717, 1.165) is 0 Å². The zero-order valence-electron chi connectivity index (χ0n) is 8.30. The maximum absolute atomic E-state index is 11.5. The number of hydrogen-bond donors (Lipinski definition) is 2.